The average Bonchev–Trinajstić information content (AvgIpc) is 2.67. The van der Waals surface area contributed by atoms with Crippen molar-refractivity contribution in [2.24, 2.45) is 7.05 Å². The number of nitrogens with one attached hydrogen (secondary N) is 1. The Bertz CT molecular complexity index is 763. The molecule has 0 radical (unpaired) electrons. The van der Waals surface area contributed by atoms with Crippen molar-refractivity contribution >= 4 is 21.8 Å². The van der Waals surface area contributed by atoms with Gasteiger partial charge in [-0.05, 0) is 24.6 Å². The minimum Gasteiger partial charge on any atom is -0.478 e. The Morgan fingerprint density at radius 2 is 1.95 bits per heavy atom. The number of sulfonamides is 1. The Morgan fingerprint density at radius 1 is 1.33 bits per heavy atom. The molecule has 0 saturated heterocycles. The summed E-state index contributed by atoms with van der Waals surface area (Å²) < 4.78 is 28.1. The van der Waals surface area contributed by atoms with Gasteiger partial charge >= 0.3 is 5.97 Å². The second kappa shape index (κ2) is 5.57. The number of hydrogen-bond acceptors (Lipinski definition) is 4. The summed E-state index contributed by atoms with van der Waals surface area (Å²) in [6.07, 6.45) is 0. The second-order valence-electron chi connectivity index (χ2n) is 4.66. The molecule has 0 amide bonds. The monoisotopic (exact) mass is 309 g/mol. The van der Waals surface area contributed by atoms with Crippen molar-refractivity contribution in [1.29, 1.82) is 0 Å². The van der Waals surface area contributed by atoms with E-state index < -0.39 is 16.0 Å². The first kappa shape index (κ1) is 15.0. The zero-order valence-corrected chi connectivity index (χ0v) is 12.4. The molecule has 0 spiro atoms. The van der Waals surface area contributed by atoms with Gasteiger partial charge in [0.05, 0.1) is 17.0 Å². The van der Waals surface area contributed by atoms with Crippen molar-refractivity contribution in [2.75, 3.05) is 4.72 Å². The maximum absolute atomic E-state index is 12.1. The van der Waals surface area contributed by atoms with Crippen molar-refractivity contribution in [1.82, 2.24) is 9.78 Å². The number of hydrogen-bond donors (Lipinski definition) is 2. The SMILES string of the molecule is Cc1cc(NS(=O)(=O)Cc2ccc(C(=O)O)cc2)n(C)n1. The molecule has 0 aliphatic rings. The summed E-state index contributed by atoms with van der Waals surface area (Å²) in [7, 11) is -1.94. The van der Waals surface area contributed by atoms with Crippen LogP contribution in [0.15, 0.2) is 30.3 Å². The molecule has 21 heavy (non-hydrogen) atoms. The van der Waals surface area contributed by atoms with Crippen LogP contribution in [0.2, 0.25) is 0 Å². The molecule has 7 nitrogen and oxygen atoms in total. The quantitative estimate of drug-likeness (QED) is 0.868. The van der Waals surface area contributed by atoms with Gasteiger partial charge in [-0.1, -0.05) is 12.1 Å². The van der Waals surface area contributed by atoms with Gasteiger partial charge in [-0.25, -0.2) is 13.2 Å². The Hall–Kier alpha value is -2.35. The van der Waals surface area contributed by atoms with E-state index in [-0.39, 0.29) is 11.3 Å². The number of benzene rings is 1. The highest BCUT2D eigenvalue weighted by Crippen LogP contribution is 2.14. The highest BCUT2D eigenvalue weighted by molar-refractivity contribution is 7.91. The van der Waals surface area contributed by atoms with E-state index in [0.29, 0.717) is 17.1 Å². The van der Waals surface area contributed by atoms with E-state index in [9.17, 15) is 13.2 Å². The minimum absolute atomic E-state index is 0.117. The first-order valence-electron chi connectivity index (χ1n) is 6.10. The number of aromatic carboxylic acids is 1. The van der Waals surface area contributed by atoms with Crippen molar-refractivity contribution in [3.8, 4) is 0 Å². The highest BCUT2D eigenvalue weighted by Gasteiger charge is 2.15. The van der Waals surface area contributed by atoms with E-state index in [1.54, 1.807) is 20.0 Å². The summed E-state index contributed by atoms with van der Waals surface area (Å²) in [6.45, 7) is 1.77. The van der Waals surface area contributed by atoms with E-state index >= 15 is 0 Å². The lowest BCUT2D eigenvalue weighted by Gasteiger charge is -2.08. The van der Waals surface area contributed by atoms with Crippen molar-refractivity contribution in [3.63, 3.8) is 0 Å². The van der Waals surface area contributed by atoms with Gasteiger partial charge in [0.15, 0.2) is 0 Å². The molecule has 2 aromatic rings. The van der Waals surface area contributed by atoms with Crippen molar-refractivity contribution in [3.05, 3.63) is 47.2 Å². The van der Waals surface area contributed by atoms with Crippen molar-refractivity contribution < 1.29 is 18.3 Å². The molecule has 2 rings (SSSR count). The first-order valence-corrected chi connectivity index (χ1v) is 7.75. The topological polar surface area (TPSA) is 101 Å². The van der Waals surface area contributed by atoms with Gasteiger partial charge in [0.1, 0.15) is 5.82 Å². The van der Waals surface area contributed by atoms with Crippen LogP contribution in [0.25, 0.3) is 0 Å². The summed E-state index contributed by atoms with van der Waals surface area (Å²) in [6, 6.07) is 7.35. The third-order valence-corrected chi connectivity index (χ3v) is 4.05. The number of anilines is 1. The van der Waals surface area contributed by atoms with Gasteiger partial charge < -0.3 is 5.11 Å². The predicted octanol–water partition coefficient (Wildman–Crippen LogP) is 1.37. The van der Waals surface area contributed by atoms with Crippen LogP contribution in [0.3, 0.4) is 0 Å². The molecule has 0 saturated carbocycles. The lowest BCUT2D eigenvalue weighted by Crippen LogP contribution is -2.17. The number of aryl methyl sites for hydroxylation is 2. The van der Waals surface area contributed by atoms with Crippen LogP contribution in [0.1, 0.15) is 21.6 Å². The lowest BCUT2D eigenvalue weighted by atomic mass is 10.1. The Morgan fingerprint density at radius 3 is 2.43 bits per heavy atom. The van der Waals surface area contributed by atoms with E-state index in [1.165, 1.54) is 28.9 Å². The molecular weight excluding hydrogens is 294 g/mol. The van der Waals surface area contributed by atoms with Crippen LogP contribution >= 0.6 is 0 Å². The van der Waals surface area contributed by atoms with Gasteiger partial charge in [-0.2, -0.15) is 5.10 Å². The third kappa shape index (κ3) is 3.82. The molecule has 0 aliphatic carbocycles. The number of aromatic nitrogens is 2. The second-order valence-corrected chi connectivity index (χ2v) is 6.38. The summed E-state index contributed by atoms with van der Waals surface area (Å²) >= 11 is 0. The summed E-state index contributed by atoms with van der Waals surface area (Å²) in [5, 5.41) is 12.9. The average molecular weight is 309 g/mol. The van der Waals surface area contributed by atoms with Crippen LogP contribution in [0.5, 0.6) is 0 Å². The standard InChI is InChI=1S/C13H15N3O4S/c1-9-7-12(16(2)14-9)15-21(19,20)8-10-3-5-11(6-4-10)13(17)18/h3-7,15H,8H2,1-2H3,(H,17,18). The van der Waals surface area contributed by atoms with Gasteiger partial charge in [0.25, 0.3) is 0 Å². The zero-order valence-electron chi connectivity index (χ0n) is 11.6. The fourth-order valence-corrected chi connectivity index (χ4v) is 3.08. The van der Waals surface area contributed by atoms with Crippen LogP contribution in [-0.4, -0.2) is 29.3 Å². The molecule has 0 fully saturated rings. The van der Waals surface area contributed by atoms with Crippen LogP contribution < -0.4 is 4.72 Å². The normalized spacial score (nSPS) is 11.3. The number of carboxylic acids is 1. The molecule has 112 valence electrons. The number of nitrogens with zero attached hydrogens (tertiary/aromatic N) is 2. The largest absolute Gasteiger partial charge is 0.478 e. The summed E-state index contributed by atoms with van der Waals surface area (Å²) in [4.78, 5) is 10.7. The van der Waals surface area contributed by atoms with Gasteiger partial charge in [0, 0.05) is 13.1 Å². The van der Waals surface area contributed by atoms with E-state index in [1.807, 2.05) is 0 Å². The zero-order chi connectivity index (χ0) is 15.6. The fraction of sp³-hybridized carbons (Fsp3) is 0.231. The Kier molecular flexibility index (Phi) is 3.99. The highest BCUT2D eigenvalue weighted by atomic mass is 32.2. The molecule has 1 aromatic carbocycles. The van der Waals surface area contributed by atoms with Gasteiger partial charge in [-0.15, -0.1) is 0 Å². The molecule has 2 N–H and O–H groups in total. The smallest absolute Gasteiger partial charge is 0.335 e. The molecule has 0 atom stereocenters. The van der Waals surface area contributed by atoms with Gasteiger partial charge in [0.2, 0.25) is 10.0 Å². The lowest BCUT2D eigenvalue weighted by molar-refractivity contribution is 0.0697. The molecule has 1 aromatic heterocycles. The maximum Gasteiger partial charge on any atom is 0.335 e. The number of rotatable bonds is 5. The summed E-state index contributed by atoms with van der Waals surface area (Å²) in [5.74, 6) is -0.903. The Balaban J connectivity index is 2.14. The molecule has 0 bridgehead atoms. The molecular formula is C13H15N3O4S. The minimum atomic E-state index is -3.59. The molecule has 0 unspecified atom stereocenters. The molecule has 1 heterocycles. The van der Waals surface area contributed by atoms with Crippen LogP contribution in [0.4, 0.5) is 5.82 Å². The van der Waals surface area contributed by atoms with E-state index in [2.05, 4.69) is 9.82 Å². The van der Waals surface area contributed by atoms with Crippen LogP contribution in [-0.2, 0) is 22.8 Å². The van der Waals surface area contributed by atoms with E-state index in [4.69, 9.17) is 5.11 Å². The van der Waals surface area contributed by atoms with E-state index in [0.717, 1.165) is 0 Å². The van der Waals surface area contributed by atoms with Gasteiger partial charge in [-0.3, -0.25) is 9.40 Å². The number of carboxylic acid groups (broad SMARTS) is 1. The summed E-state index contributed by atoms with van der Waals surface area (Å²) in [5.41, 5.74) is 1.33. The van der Waals surface area contributed by atoms with Crippen molar-refractivity contribution in [2.45, 2.75) is 12.7 Å². The third-order valence-electron chi connectivity index (χ3n) is 2.82. The van der Waals surface area contributed by atoms with Crippen LogP contribution in [0, 0.1) is 6.92 Å². The molecule has 0 aliphatic heterocycles. The molecule has 8 heteroatoms. The maximum atomic E-state index is 12.1. The number of carbonyl (C=O) groups is 1. The predicted molar refractivity (Wildman–Crippen MR) is 77.6 cm³/mol. The Labute approximate surface area is 122 Å². The first-order chi connectivity index (χ1) is 9.77. The fourth-order valence-electron chi connectivity index (χ4n) is 1.86.